The van der Waals surface area contributed by atoms with Crippen LogP contribution in [-0.4, -0.2) is 14.7 Å². The van der Waals surface area contributed by atoms with E-state index >= 15 is 0 Å². The molecule has 0 amide bonds. The second kappa shape index (κ2) is 8.82. The number of aromatic nitrogens is 2. The third kappa shape index (κ3) is 3.90. The van der Waals surface area contributed by atoms with Gasteiger partial charge in [-0.05, 0) is 80.2 Å². The van der Waals surface area contributed by atoms with Crippen LogP contribution >= 0.6 is 35.4 Å². The first-order chi connectivity index (χ1) is 16.0. The summed E-state index contributed by atoms with van der Waals surface area (Å²) in [6.45, 7) is 4.21. The Morgan fingerprint density at radius 2 is 1.70 bits per heavy atom. The van der Waals surface area contributed by atoms with Crippen molar-refractivity contribution >= 4 is 46.2 Å². The summed E-state index contributed by atoms with van der Waals surface area (Å²) in [6.07, 6.45) is 1.82. The largest absolute Gasteiger partial charge is 0.351 e. The van der Waals surface area contributed by atoms with E-state index in [0.717, 1.165) is 34.0 Å². The minimum absolute atomic E-state index is 0.0826. The van der Waals surface area contributed by atoms with Crippen LogP contribution in [0.1, 0.15) is 34.7 Å². The first-order valence-corrected chi connectivity index (χ1v) is 11.8. The van der Waals surface area contributed by atoms with Gasteiger partial charge < -0.3 is 14.8 Å². The van der Waals surface area contributed by atoms with Crippen molar-refractivity contribution in [2.45, 2.75) is 25.9 Å². The summed E-state index contributed by atoms with van der Waals surface area (Å²) >= 11 is 18.6. The van der Waals surface area contributed by atoms with Gasteiger partial charge in [0.1, 0.15) is 0 Å². The molecule has 5 rings (SSSR count). The summed E-state index contributed by atoms with van der Waals surface area (Å²) in [5.41, 5.74) is 6.21. The normalized spacial score (nSPS) is 17.9. The van der Waals surface area contributed by atoms with Crippen molar-refractivity contribution in [1.82, 2.24) is 14.9 Å². The van der Waals surface area contributed by atoms with E-state index in [1.807, 2.05) is 54.7 Å². The molecule has 1 aliphatic rings. The maximum absolute atomic E-state index is 6.59. The minimum Gasteiger partial charge on any atom is -0.351 e. The Labute approximate surface area is 208 Å². The highest BCUT2D eigenvalue weighted by atomic mass is 35.5. The molecule has 0 saturated carbocycles. The van der Waals surface area contributed by atoms with Crippen molar-refractivity contribution in [3.05, 3.63) is 112 Å². The van der Waals surface area contributed by atoms with Crippen LogP contribution in [0.5, 0.6) is 0 Å². The molecule has 2 aromatic heterocycles. The standard InChI is InChI=1S/C26H22Cl2N4S/c1-16-14-20(17(2)31(16)23-12-11-18(27)15-21(23)28)25-24(22-10-6-7-13-29-22)30-26(33)32(25)19-8-4-3-5-9-19/h3-15,24-25H,1-2H3,(H,30,33)/t24-,25-/m1/s1. The van der Waals surface area contributed by atoms with Crippen molar-refractivity contribution < 1.29 is 0 Å². The quantitative estimate of drug-likeness (QED) is 0.311. The van der Waals surface area contributed by atoms with Gasteiger partial charge in [0, 0.05) is 28.3 Å². The fourth-order valence-electron chi connectivity index (χ4n) is 4.66. The average Bonchev–Trinajstić information content (AvgIpc) is 3.31. The van der Waals surface area contributed by atoms with Gasteiger partial charge in [-0.2, -0.15) is 0 Å². The number of nitrogens with zero attached hydrogens (tertiary/aromatic N) is 3. The maximum Gasteiger partial charge on any atom is 0.174 e. The molecule has 0 aliphatic carbocycles. The van der Waals surface area contributed by atoms with Gasteiger partial charge in [0.25, 0.3) is 0 Å². The summed E-state index contributed by atoms with van der Waals surface area (Å²) < 4.78 is 2.17. The highest BCUT2D eigenvalue weighted by Gasteiger charge is 2.42. The molecule has 7 heteroatoms. The van der Waals surface area contributed by atoms with Gasteiger partial charge in [0.15, 0.2) is 5.11 Å². The summed E-state index contributed by atoms with van der Waals surface area (Å²) in [6, 6.07) is 23.8. The number of anilines is 1. The molecule has 166 valence electrons. The fraction of sp³-hybridized carbons (Fsp3) is 0.154. The van der Waals surface area contributed by atoms with Gasteiger partial charge in [0.05, 0.1) is 28.5 Å². The highest BCUT2D eigenvalue weighted by molar-refractivity contribution is 7.80. The number of nitrogens with one attached hydrogen (secondary N) is 1. The van der Waals surface area contributed by atoms with Gasteiger partial charge in [-0.15, -0.1) is 0 Å². The number of aryl methyl sites for hydroxylation is 1. The van der Waals surface area contributed by atoms with Crippen LogP contribution in [0.3, 0.4) is 0 Å². The molecule has 3 heterocycles. The SMILES string of the molecule is Cc1cc([C@@H]2[C@@H](c3ccccn3)NC(=S)N2c2ccccc2)c(C)n1-c1ccc(Cl)cc1Cl. The molecule has 2 atom stereocenters. The second-order valence-electron chi connectivity index (χ2n) is 8.09. The van der Waals surface area contributed by atoms with Gasteiger partial charge in [-0.1, -0.05) is 47.5 Å². The zero-order valence-corrected chi connectivity index (χ0v) is 20.5. The summed E-state index contributed by atoms with van der Waals surface area (Å²) in [7, 11) is 0. The van der Waals surface area contributed by atoms with Crippen molar-refractivity contribution in [3.63, 3.8) is 0 Å². The van der Waals surface area contributed by atoms with Crippen molar-refractivity contribution in [2.24, 2.45) is 0 Å². The van der Waals surface area contributed by atoms with Crippen molar-refractivity contribution in [3.8, 4) is 5.69 Å². The molecule has 1 N–H and O–H groups in total. The van der Waals surface area contributed by atoms with E-state index in [1.165, 1.54) is 0 Å². The van der Waals surface area contributed by atoms with Crippen molar-refractivity contribution in [1.29, 1.82) is 0 Å². The topological polar surface area (TPSA) is 33.1 Å². The maximum atomic E-state index is 6.59. The second-order valence-corrected chi connectivity index (χ2v) is 9.32. The molecular formula is C26H22Cl2N4S. The lowest BCUT2D eigenvalue weighted by atomic mass is 9.96. The molecule has 1 aliphatic heterocycles. The van der Waals surface area contributed by atoms with E-state index < -0.39 is 0 Å². The molecule has 1 fully saturated rings. The predicted octanol–water partition coefficient (Wildman–Crippen LogP) is 6.97. The predicted molar refractivity (Wildman–Crippen MR) is 140 cm³/mol. The molecule has 4 aromatic rings. The van der Waals surface area contributed by atoms with Crippen molar-refractivity contribution in [2.75, 3.05) is 4.90 Å². The third-order valence-corrected chi connectivity index (χ3v) is 6.92. The highest BCUT2D eigenvalue weighted by Crippen LogP contribution is 2.44. The smallest absolute Gasteiger partial charge is 0.174 e. The number of pyridine rings is 1. The minimum atomic E-state index is -0.103. The number of rotatable bonds is 4. The molecule has 2 aromatic carbocycles. The molecule has 0 bridgehead atoms. The van der Waals surface area contributed by atoms with E-state index in [4.69, 9.17) is 35.4 Å². The number of halogens is 2. The number of para-hydroxylation sites is 1. The fourth-order valence-corrected chi connectivity index (χ4v) is 5.50. The average molecular weight is 493 g/mol. The Morgan fingerprint density at radius 1 is 0.939 bits per heavy atom. The monoisotopic (exact) mass is 492 g/mol. The molecule has 0 unspecified atom stereocenters. The van der Waals surface area contributed by atoms with Gasteiger partial charge >= 0.3 is 0 Å². The Bertz CT molecular complexity index is 1320. The van der Waals surface area contributed by atoms with Gasteiger partial charge in [0.2, 0.25) is 0 Å². The van der Waals surface area contributed by atoms with Crippen LogP contribution in [0, 0.1) is 13.8 Å². The summed E-state index contributed by atoms with van der Waals surface area (Å²) in [5.74, 6) is 0. The Kier molecular flexibility index (Phi) is 5.87. The Balaban J connectivity index is 1.69. The van der Waals surface area contributed by atoms with Crippen LogP contribution < -0.4 is 10.2 Å². The van der Waals surface area contributed by atoms with E-state index in [2.05, 4.69) is 51.8 Å². The number of hydrogen-bond acceptors (Lipinski definition) is 2. The summed E-state index contributed by atoms with van der Waals surface area (Å²) in [4.78, 5) is 6.83. The number of benzene rings is 2. The lowest BCUT2D eigenvalue weighted by Crippen LogP contribution is -2.29. The van der Waals surface area contributed by atoms with Crippen LogP contribution in [0.4, 0.5) is 5.69 Å². The number of thiocarbonyl (C=S) groups is 1. The lowest BCUT2D eigenvalue weighted by molar-refractivity contribution is 0.565. The third-order valence-electron chi connectivity index (χ3n) is 6.07. The Hall–Kier alpha value is -2.86. The molecule has 4 nitrogen and oxygen atoms in total. The summed E-state index contributed by atoms with van der Waals surface area (Å²) in [5, 5.41) is 5.42. The lowest BCUT2D eigenvalue weighted by Gasteiger charge is -2.28. The molecule has 1 saturated heterocycles. The zero-order valence-electron chi connectivity index (χ0n) is 18.2. The zero-order chi connectivity index (χ0) is 23.1. The van der Waals surface area contributed by atoms with E-state index in [-0.39, 0.29) is 12.1 Å². The van der Waals surface area contributed by atoms with Crippen LogP contribution in [0.2, 0.25) is 10.0 Å². The van der Waals surface area contributed by atoms with Gasteiger partial charge in [-0.25, -0.2) is 0 Å². The Morgan fingerprint density at radius 3 is 2.39 bits per heavy atom. The van der Waals surface area contributed by atoms with E-state index in [1.54, 1.807) is 6.07 Å². The first-order valence-electron chi connectivity index (χ1n) is 10.7. The van der Waals surface area contributed by atoms with Crippen LogP contribution in [-0.2, 0) is 0 Å². The molecule has 33 heavy (non-hydrogen) atoms. The van der Waals surface area contributed by atoms with E-state index in [0.29, 0.717) is 15.2 Å². The van der Waals surface area contributed by atoms with Crippen LogP contribution in [0.15, 0.2) is 79.0 Å². The molecule has 0 spiro atoms. The van der Waals surface area contributed by atoms with E-state index in [9.17, 15) is 0 Å². The van der Waals surface area contributed by atoms with Crippen LogP contribution in [0.25, 0.3) is 5.69 Å². The molecular weight excluding hydrogens is 471 g/mol. The number of hydrogen-bond donors (Lipinski definition) is 1. The first kappa shape index (κ1) is 22.0. The molecule has 0 radical (unpaired) electrons. The van der Waals surface area contributed by atoms with Gasteiger partial charge in [-0.3, -0.25) is 4.98 Å².